The number of pyridine rings is 1. The molecule has 3 heterocycles. The number of fused-ring (bicyclic) bond motifs is 1. The third-order valence-electron chi connectivity index (χ3n) is 4.42. The third-order valence-corrected chi connectivity index (χ3v) is 5.31. The van der Waals surface area contributed by atoms with E-state index < -0.39 is 5.97 Å². The molecule has 3 rings (SSSR count). The van der Waals surface area contributed by atoms with E-state index in [9.17, 15) is 9.59 Å². The number of amides is 1. The first-order valence-electron chi connectivity index (χ1n) is 9.29. The lowest BCUT2D eigenvalue weighted by Crippen LogP contribution is -2.24. The molecule has 0 unspecified atom stereocenters. The van der Waals surface area contributed by atoms with E-state index in [0.29, 0.717) is 26.6 Å². The SMILES string of the molecule is COC(=O)c1cnc(NC(=O)c2cc(C(C)C)nc3c2c(C)nn3C(C)(C)C)s1. The Balaban J connectivity index is 2.10. The highest BCUT2D eigenvalue weighted by molar-refractivity contribution is 7.17. The molecule has 0 aliphatic carbocycles. The van der Waals surface area contributed by atoms with Crippen LogP contribution in [0.1, 0.15) is 72.0 Å². The fourth-order valence-corrected chi connectivity index (χ4v) is 3.67. The van der Waals surface area contributed by atoms with Crippen LogP contribution in [0.15, 0.2) is 12.3 Å². The van der Waals surface area contributed by atoms with Crippen LogP contribution in [0.5, 0.6) is 0 Å². The molecule has 0 aliphatic heterocycles. The normalized spacial score (nSPS) is 11.9. The van der Waals surface area contributed by atoms with Crippen molar-refractivity contribution in [2.24, 2.45) is 0 Å². The topological polar surface area (TPSA) is 99.0 Å². The molecule has 0 saturated heterocycles. The van der Waals surface area contributed by atoms with Crippen molar-refractivity contribution in [3.05, 3.63) is 34.1 Å². The number of carbonyl (C=O) groups excluding carboxylic acids is 2. The van der Waals surface area contributed by atoms with Gasteiger partial charge in [-0.1, -0.05) is 25.2 Å². The molecule has 0 saturated carbocycles. The van der Waals surface area contributed by atoms with Crippen molar-refractivity contribution in [1.29, 1.82) is 0 Å². The molecule has 0 spiro atoms. The molecule has 8 nitrogen and oxygen atoms in total. The van der Waals surface area contributed by atoms with Gasteiger partial charge in [0.1, 0.15) is 4.88 Å². The number of hydrogen-bond acceptors (Lipinski definition) is 7. The fourth-order valence-electron chi connectivity index (χ4n) is 2.94. The van der Waals surface area contributed by atoms with Crippen molar-refractivity contribution < 1.29 is 14.3 Å². The zero-order valence-corrected chi connectivity index (χ0v) is 18.5. The van der Waals surface area contributed by atoms with E-state index in [1.54, 1.807) is 6.07 Å². The van der Waals surface area contributed by atoms with E-state index in [0.717, 1.165) is 22.7 Å². The number of nitrogens with one attached hydrogen (secondary N) is 1. The summed E-state index contributed by atoms with van der Waals surface area (Å²) in [6.07, 6.45) is 1.39. The highest BCUT2D eigenvalue weighted by Gasteiger charge is 2.25. The van der Waals surface area contributed by atoms with Crippen LogP contribution in [-0.4, -0.2) is 38.7 Å². The first kappa shape index (κ1) is 20.9. The van der Waals surface area contributed by atoms with E-state index in [4.69, 9.17) is 4.98 Å². The van der Waals surface area contributed by atoms with Gasteiger partial charge >= 0.3 is 5.97 Å². The Kier molecular flexibility index (Phi) is 5.44. The summed E-state index contributed by atoms with van der Waals surface area (Å²) < 4.78 is 6.55. The second kappa shape index (κ2) is 7.55. The number of thiazole rings is 1. The number of rotatable bonds is 4. The molecule has 154 valence electrons. The summed E-state index contributed by atoms with van der Waals surface area (Å²) in [6, 6.07) is 1.80. The van der Waals surface area contributed by atoms with Gasteiger partial charge in [0.05, 0.1) is 35.5 Å². The van der Waals surface area contributed by atoms with Gasteiger partial charge in [-0.05, 0) is 39.7 Å². The van der Waals surface area contributed by atoms with Crippen LogP contribution in [0.25, 0.3) is 11.0 Å². The maximum atomic E-state index is 13.1. The van der Waals surface area contributed by atoms with Crippen molar-refractivity contribution in [2.45, 2.75) is 53.0 Å². The number of nitrogens with zero attached hydrogens (tertiary/aromatic N) is 4. The number of aromatic nitrogens is 4. The number of aryl methyl sites for hydroxylation is 1. The predicted octanol–water partition coefficient (Wildman–Crippen LogP) is 4.11. The molecule has 1 N–H and O–H groups in total. The molecule has 0 aliphatic rings. The smallest absolute Gasteiger partial charge is 0.349 e. The van der Waals surface area contributed by atoms with Crippen molar-refractivity contribution in [3.8, 4) is 0 Å². The van der Waals surface area contributed by atoms with E-state index in [1.807, 2.05) is 46.2 Å². The lowest BCUT2D eigenvalue weighted by Gasteiger charge is -2.20. The van der Waals surface area contributed by atoms with E-state index in [2.05, 4.69) is 20.1 Å². The van der Waals surface area contributed by atoms with Gasteiger partial charge in [0, 0.05) is 5.69 Å². The Morgan fingerprint density at radius 1 is 1.28 bits per heavy atom. The van der Waals surface area contributed by atoms with Crippen molar-refractivity contribution in [3.63, 3.8) is 0 Å². The van der Waals surface area contributed by atoms with Gasteiger partial charge in [-0.2, -0.15) is 5.10 Å². The summed E-state index contributed by atoms with van der Waals surface area (Å²) in [7, 11) is 1.30. The highest BCUT2D eigenvalue weighted by atomic mass is 32.1. The minimum absolute atomic E-state index is 0.139. The van der Waals surface area contributed by atoms with Crippen molar-refractivity contribution >= 4 is 39.4 Å². The minimum atomic E-state index is -0.487. The molecular weight excluding hydrogens is 390 g/mol. The molecule has 0 radical (unpaired) electrons. The number of ether oxygens (including phenoxy) is 1. The summed E-state index contributed by atoms with van der Waals surface area (Å²) in [5.41, 5.74) is 2.43. The first-order valence-corrected chi connectivity index (χ1v) is 10.1. The monoisotopic (exact) mass is 415 g/mol. The van der Waals surface area contributed by atoms with Crippen LogP contribution in [0.4, 0.5) is 5.13 Å². The molecule has 0 aromatic carbocycles. The molecule has 0 fully saturated rings. The highest BCUT2D eigenvalue weighted by Crippen LogP contribution is 2.30. The van der Waals surface area contributed by atoms with Crippen LogP contribution < -0.4 is 5.32 Å². The Bertz CT molecular complexity index is 1090. The van der Waals surface area contributed by atoms with Crippen LogP contribution >= 0.6 is 11.3 Å². The molecule has 29 heavy (non-hydrogen) atoms. The van der Waals surface area contributed by atoms with Gasteiger partial charge in [-0.25, -0.2) is 19.4 Å². The second-order valence-corrected chi connectivity index (χ2v) is 9.12. The van der Waals surface area contributed by atoms with Crippen LogP contribution in [0.3, 0.4) is 0 Å². The van der Waals surface area contributed by atoms with E-state index in [1.165, 1.54) is 13.3 Å². The van der Waals surface area contributed by atoms with Gasteiger partial charge in [-0.3, -0.25) is 10.1 Å². The number of anilines is 1. The number of carbonyl (C=O) groups is 2. The lowest BCUT2D eigenvalue weighted by molar-refractivity contribution is 0.0606. The summed E-state index contributed by atoms with van der Waals surface area (Å²) in [4.78, 5) is 34.0. The lowest BCUT2D eigenvalue weighted by atomic mass is 10.0. The molecule has 0 bridgehead atoms. The molecule has 3 aromatic heterocycles. The average Bonchev–Trinajstić information content (AvgIpc) is 3.24. The Labute approximate surface area is 173 Å². The first-order chi connectivity index (χ1) is 13.5. The van der Waals surface area contributed by atoms with Crippen molar-refractivity contribution in [1.82, 2.24) is 19.7 Å². The second-order valence-electron chi connectivity index (χ2n) is 8.09. The van der Waals surface area contributed by atoms with Gasteiger partial charge in [0.15, 0.2) is 10.8 Å². The predicted molar refractivity (Wildman–Crippen MR) is 113 cm³/mol. The van der Waals surface area contributed by atoms with Crippen LogP contribution in [0, 0.1) is 6.92 Å². The minimum Gasteiger partial charge on any atom is -0.465 e. The molecule has 0 atom stereocenters. The molecular formula is C20H25N5O3S. The van der Waals surface area contributed by atoms with Gasteiger partial charge in [0.25, 0.3) is 5.91 Å². The maximum Gasteiger partial charge on any atom is 0.349 e. The zero-order chi connectivity index (χ0) is 21.5. The molecule has 1 amide bonds. The fraction of sp³-hybridized carbons (Fsp3) is 0.450. The summed E-state index contributed by atoms with van der Waals surface area (Å²) in [6.45, 7) is 12.1. The summed E-state index contributed by atoms with van der Waals surface area (Å²) in [5.74, 6) is -0.666. The Hall–Kier alpha value is -2.81. The van der Waals surface area contributed by atoms with Crippen molar-refractivity contribution in [2.75, 3.05) is 12.4 Å². The van der Waals surface area contributed by atoms with E-state index in [-0.39, 0.29) is 17.4 Å². The Morgan fingerprint density at radius 2 is 1.97 bits per heavy atom. The number of hydrogen-bond donors (Lipinski definition) is 1. The Morgan fingerprint density at radius 3 is 2.55 bits per heavy atom. The quantitative estimate of drug-likeness (QED) is 0.644. The van der Waals surface area contributed by atoms with Crippen LogP contribution in [0.2, 0.25) is 0 Å². The summed E-state index contributed by atoms with van der Waals surface area (Å²) in [5, 5.41) is 8.48. The molecule has 3 aromatic rings. The third kappa shape index (κ3) is 4.00. The van der Waals surface area contributed by atoms with Gasteiger partial charge in [0.2, 0.25) is 0 Å². The van der Waals surface area contributed by atoms with E-state index >= 15 is 0 Å². The average molecular weight is 416 g/mol. The number of methoxy groups -OCH3 is 1. The largest absolute Gasteiger partial charge is 0.465 e. The van der Waals surface area contributed by atoms with Crippen LogP contribution in [-0.2, 0) is 10.3 Å². The van der Waals surface area contributed by atoms with Gasteiger partial charge in [-0.15, -0.1) is 0 Å². The zero-order valence-electron chi connectivity index (χ0n) is 17.7. The summed E-state index contributed by atoms with van der Waals surface area (Å²) >= 11 is 1.06. The standard InChI is InChI=1S/C20H25N5O3S/c1-10(2)13-8-12(15-11(3)24-25(16(15)22-13)20(4,5)6)17(26)23-19-21-9-14(29-19)18(27)28-7/h8-10H,1-7H3,(H,21,23,26). The number of esters is 1. The van der Waals surface area contributed by atoms with Gasteiger partial charge < -0.3 is 4.74 Å². The molecule has 9 heteroatoms. The maximum absolute atomic E-state index is 13.1.